The third-order valence-electron chi connectivity index (χ3n) is 3.61. The number of sulfone groups is 1. The summed E-state index contributed by atoms with van der Waals surface area (Å²) in [5, 5.41) is 13.2. The summed E-state index contributed by atoms with van der Waals surface area (Å²) in [6.45, 7) is 1.22. The van der Waals surface area contributed by atoms with Crippen LogP contribution in [0.2, 0.25) is 0 Å². The Kier molecular flexibility index (Phi) is 3.38. The van der Waals surface area contributed by atoms with Gasteiger partial charge in [-0.25, -0.2) is 13.4 Å². The minimum Gasteiger partial charge on any atom is -0.329 e. The first-order chi connectivity index (χ1) is 9.98. The summed E-state index contributed by atoms with van der Waals surface area (Å²) in [4.78, 5) is 17.0. The molecule has 2 aromatic rings. The minimum absolute atomic E-state index is 0.102. The molecule has 1 saturated heterocycles. The molecule has 21 heavy (non-hydrogen) atoms. The molecule has 0 saturated carbocycles. The molecular weight excluding hydrogens is 296 g/mol. The van der Waals surface area contributed by atoms with Crippen molar-refractivity contribution in [3.8, 4) is 0 Å². The Bertz CT molecular complexity index is 793. The molecule has 1 unspecified atom stereocenters. The Morgan fingerprint density at radius 2 is 2.19 bits per heavy atom. The van der Waals surface area contributed by atoms with E-state index in [9.17, 15) is 18.5 Å². The molecule has 0 aliphatic carbocycles. The normalized spacial score (nSPS) is 19.7. The molecule has 1 aliphatic heterocycles. The van der Waals surface area contributed by atoms with Crippen molar-refractivity contribution in [3.63, 3.8) is 0 Å². The minimum atomic E-state index is -3.56. The van der Waals surface area contributed by atoms with E-state index < -0.39 is 20.0 Å². The van der Waals surface area contributed by atoms with Gasteiger partial charge in [0.05, 0.1) is 21.2 Å². The summed E-state index contributed by atoms with van der Waals surface area (Å²) in [6.07, 6.45) is 1.39. The molecule has 1 atom stereocenters. The number of nitrogens with one attached hydrogen (secondary N) is 2. The number of hydrogen-bond donors (Lipinski definition) is 2. The highest BCUT2D eigenvalue weighted by atomic mass is 32.2. The number of piperidine rings is 1. The van der Waals surface area contributed by atoms with Gasteiger partial charge in [0.1, 0.15) is 0 Å². The van der Waals surface area contributed by atoms with Gasteiger partial charge in [0.15, 0.2) is 0 Å². The van der Waals surface area contributed by atoms with Crippen molar-refractivity contribution in [1.82, 2.24) is 15.3 Å². The number of nitro benzene ring substituents is 1. The predicted molar refractivity (Wildman–Crippen MR) is 75.8 cm³/mol. The first-order valence-electron chi connectivity index (χ1n) is 6.57. The number of aromatic nitrogens is 2. The first-order valence-corrected chi connectivity index (χ1v) is 8.12. The summed E-state index contributed by atoms with van der Waals surface area (Å²) < 4.78 is 25.0. The Balaban J connectivity index is 2.02. The molecule has 0 radical (unpaired) electrons. The van der Waals surface area contributed by atoms with Crippen LogP contribution in [0.4, 0.5) is 5.69 Å². The van der Waals surface area contributed by atoms with E-state index in [1.807, 2.05) is 0 Å². The Hall–Kier alpha value is -2.00. The lowest BCUT2D eigenvalue weighted by molar-refractivity contribution is -0.384. The molecule has 8 nitrogen and oxygen atoms in total. The van der Waals surface area contributed by atoms with Crippen LogP contribution in [-0.2, 0) is 9.84 Å². The molecule has 1 aromatic heterocycles. The molecular formula is C12H14N4O4S. The van der Waals surface area contributed by atoms with Crippen molar-refractivity contribution in [3.05, 3.63) is 28.3 Å². The topological polar surface area (TPSA) is 118 Å². The lowest BCUT2D eigenvalue weighted by Crippen LogP contribution is -2.39. The van der Waals surface area contributed by atoms with Gasteiger partial charge in [-0.05, 0) is 25.5 Å². The lowest BCUT2D eigenvalue weighted by Gasteiger charge is -2.21. The van der Waals surface area contributed by atoms with E-state index in [2.05, 4.69) is 15.3 Å². The Morgan fingerprint density at radius 1 is 1.38 bits per heavy atom. The third kappa shape index (κ3) is 2.49. The second kappa shape index (κ2) is 5.08. The van der Waals surface area contributed by atoms with Gasteiger partial charge in [-0.3, -0.25) is 10.1 Å². The van der Waals surface area contributed by atoms with Crippen molar-refractivity contribution in [1.29, 1.82) is 0 Å². The second-order valence-corrected chi connectivity index (χ2v) is 7.16. The second-order valence-electron chi connectivity index (χ2n) is 5.01. The van der Waals surface area contributed by atoms with Gasteiger partial charge in [0.25, 0.3) is 5.69 Å². The third-order valence-corrected chi connectivity index (χ3v) is 5.63. The van der Waals surface area contributed by atoms with Gasteiger partial charge in [-0.15, -0.1) is 0 Å². The van der Waals surface area contributed by atoms with Crippen LogP contribution in [0.5, 0.6) is 0 Å². The van der Waals surface area contributed by atoms with E-state index in [4.69, 9.17) is 0 Å². The Labute approximate surface area is 120 Å². The monoisotopic (exact) mass is 310 g/mol. The quantitative estimate of drug-likeness (QED) is 0.645. The molecule has 1 aromatic carbocycles. The fraction of sp³-hybridized carbons (Fsp3) is 0.417. The van der Waals surface area contributed by atoms with Gasteiger partial charge >= 0.3 is 0 Å². The van der Waals surface area contributed by atoms with Gasteiger partial charge in [0, 0.05) is 18.7 Å². The van der Waals surface area contributed by atoms with Crippen LogP contribution in [0, 0.1) is 10.1 Å². The van der Waals surface area contributed by atoms with Crippen molar-refractivity contribution in [2.75, 3.05) is 13.1 Å². The molecule has 1 aliphatic rings. The molecule has 9 heteroatoms. The number of imidazole rings is 1. The largest absolute Gasteiger partial charge is 0.329 e. The van der Waals surface area contributed by atoms with Gasteiger partial charge in [0.2, 0.25) is 15.0 Å². The molecule has 2 N–H and O–H groups in total. The summed E-state index contributed by atoms with van der Waals surface area (Å²) in [7, 11) is -3.56. The number of H-pyrrole nitrogens is 1. The molecule has 2 heterocycles. The molecule has 0 spiro atoms. The van der Waals surface area contributed by atoms with Crippen LogP contribution in [0.15, 0.2) is 23.4 Å². The van der Waals surface area contributed by atoms with E-state index >= 15 is 0 Å². The number of non-ortho nitro benzene ring substituents is 1. The number of rotatable bonds is 3. The number of hydrogen-bond acceptors (Lipinski definition) is 6. The molecule has 112 valence electrons. The maximum Gasteiger partial charge on any atom is 0.271 e. The van der Waals surface area contributed by atoms with Crippen LogP contribution in [0.1, 0.15) is 12.8 Å². The van der Waals surface area contributed by atoms with Crippen LogP contribution in [0.25, 0.3) is 11.0 Å². The molecule has 1 fully saturated rings. The number of nitrogens with zero attached hydrogens (tertiary/aromatic N) is 2. The number of aromatic amines is 1. The zero-order chi connectivity index (χ0) is 15.0. The van der Waals surface area contributed by atoms with Crippen molar-refractivity contribution in [2.24, 2.45) is 0 Å². The van der Waals surface area contributed by atoms with Crippen LogP contribution >= 0.6 is 0 Å². The van der Waals surface area contributed by atoms with E-state index in [-0.39, 0.29) is 10.8 Å². The van der Waals surface area contributed by atoms with E-state index in [1.54, 1.807) is 0 Å². The maximum atomic E-state index is 12.5. The maximum absolute atomic E-state index is 12.5. The van der Waals surface area contributed by atoms with Crippen molar-refractivity contribution < 1.29 is 13.3 Å². The highest BCUT2D eigenvalue weighted by molar-refractivity contribution is 7.91. The molecule has 0 bridgehead atoms. The van der Waals surface area contributed by atoms with Gasteiger partial charge < -0.3 is 10.3 Å². The van der Waals surface area contributed by atoms with E-state index in [0.29, 0.717) is 24.0 Å². The van der Waals surface area contributed by atoms with Crippen molar-refractivity contribution in [2.45, 2.75) is 23.2 Å². The Morgan fingerprint density at radius 3 is 2.86 bits per heavy atom. The molecule has 0 amide bonds. The summed E-state index contributed by atoms with van der Waals surface area (Å²) in [5.74, 6) is 0. The summed E-state index contributed by atoms with van der Waals surface area (Å²) >= 11 is 0. The van der Waals surface area contributed by atoms with Crippen LogP contribution in [-0.4, -0.2) is 41.6 Å². The van der Waals surface area contributed by atoms with Gasteiger partial charge in [-0.1, -0.05) is 0 Å². The zero-order valence-corrected chi connectivity index (χ0v) is 11.9. The lowest BCUT2D eigenvalue weighted by atomic mass is 10.2. The smallest absolute Gasteiger partial charge is 0.271 e. The van der Waals surface area contributed by atoms with E-state index in [1.165, 1.54) is 18.2 Å². The number of benzene rings is 1. The highest BCUT2D eigenvalue weighted by Crippen LogP contribution is 2.24. The fourth-order valence-electron chi connectivity index (χ4n) is 2.47. The van der Waals surface area contributed by atoms with Gasteiger partial charge in [-0.2, -0.15) is 0 Å². The SMILES string of the molecule is O=[N+]([O-])c1ccc2nc(S(=O)(=O)C3CCCNC3)[nH]c2c1. The predicted octanol–water partition coefficient (Wildman–Crippen LogP) is 0.997. The van der Waals surface area contributed by atoms with Crippen LogP contribution < -0.4 is 5.32 Å². The van der Waals surface area contributed by atoms with Crippen LogP contribution in [0.3, 0.4) is 0 Å². The fourth-order valence-corrected chi connectivity index (χ4v) is 4.07. The summed E-state index contributed by atoms with van der Waals surface area (Å²) in [6, 6.07) is 4.05. The average molecular weight is 310 g/mol. The average Bonchev–Trinajstić information content (AvgIpc) is 2.91. The van der Waals surface area contributed by atoms with E-state index in [0.717, 1.165) is 13.0 Å². The standard InChI is InChI=1S/C12H14N4O4S/c17-16(18)8-3-4-10-11(6-8)15-12(14-10)21(19,20)9-2-1-5-13-7-9/h3-4,6,9,13H,1-2,5,7H2,(H,14,15). The molecule has 3 rings (SSSR count). The highest BCUT2D eigenvalue weighted by Gasteiger charge is 2.31. The first kappa shape index (κ1) is 14.0. The number of fused-ring (bicyclic) bond motifs is 1. The summed E-state index contributed by atoms with van der Waals surface area (Å²) in [5.41, 5.74) is 0.656. The zero-order valence-electron chi connectivity index (χ0n) is 11.1. The number of nitro groups is 1. The van der Waals surface area contributed by atoms with Crippen molar-refractivity contribution >= 4 is 26.6 Å².